The standard InChI is InChI=1S/C14H14ClNO2/c1-9-8-16-6-5-11(9)14(17)10-3-4-12(15)13(7-10)18-2/h3-8,14,17H,1-2H3. The van der Waals surface area contributed by atoms with Crippen LogP contribution in [0.2, 0.25) is 5.02 Å². The van der Waals surface area contributed by atoms with Crippen LogP contribution >= 0.6 is 11.6 Å². The Bertz CT molecular complexity index is 557. The quantitative estimate of drug-likeness (QED) is 0.925. The van der Waals surface area contributed by atoms with E-state index in [1.54, 1.807) is 43.8 Å². The van der Waals surface area contributed by atoms with Gasteiger partial charge in [0.2, 0.25) is 0 Å². The van der Waals surface area contributed by atoms with Crippen molar-refractivity contribution in [2.45, 2.75) is 13.0 Å². The first-order chi connectivity index (χ1) is 8.63. The third kappa shape index (κ3) is 2.47. The maximum Gasteiger partial charge on any atom is 0.137 e. The molecule has 94 valence electrons. The van der Waals surface area contributed by atoms with Gasteiger partial charge in [-0.05, 0) is 41.8 Å². The normalized spacial score (nSPS) is 12.2. The number of aliphatic hydroxyl groups excluding tert-OH is 1. The highest BCUT2D eigenvalue weighted by Gasteiger charge is 2.14. The predicted molar refractivity (Wildman–Crippen MR) is 71.0 cm³/mol. The van der Waals surface area contributed by atoms with Crippen LogP contribution in [0, 0.1) is 6.92 Å². The number of benzene rings is 1. The fourth-order valence-electron chi connectivity index (χ4n) is 1.82. The summed E-state index contributed by atoms with van der Waals surface area (Å²) in [5.41, 5.74) is 2.51. The van der Waals surface area contributed by atoms with E-state index in [0.717, 1.165) is 16.7 Å². The van der Waals surface area contributed by atoms with Gasteiger partial charge >= 0.3 is 0 Å². The van der Waals surface area contributed by atoms with Crippen molar-refractivity contribution in [1.82, 2.24) is 4.98 Å². The second-order valence-electron chi connectivity index (χ2n) is 4.03. The van der Waals surface area contributed by atoms with Crippen LogP contribution < -0.4 is 4.74 Å². The summed E-state index contributed by atoms with van der Waals surface area (Å²) in [6.45, 7) is 1.92. The number of rotatable bonds is 3. The molecule has 0 fully saturated rings. The summed E-state index contributed by atoms with van der Waals surface area (Å²) in [5.74, 6) is 0.555. The molecule has 0 radical (unpaired) electrons. The van der Waals surface area contributed by atoms with E-state index in [1.807, 2.05) is 6.92 Å². The molecule has 1 heterocycles. The third-order valence-electron chi connectivity index (χ3n) is 2.85. The Hall–Kier alpha value is -1.58. The van der Waals surface area contributed by atoms with E-state index in [2.05, 4.69) is 4.98 Å². The van der Waals surface area contributed by atoms with Gasteiger partial charge in [-0.1, -0.05) is 17.7 Å². The average molecular weight is 264 g/mol. The lowest BCUT2D eigenvalue weighted by Crippen LogP contribution is -2.02. The van der Waals surface area contributed by atoms with Crippen LogP contribution in [0.4, 0.5) is 0 Å². The van der Waals surface area contributed by atoms with E-state index < -0.39 is 6.10 Å². The molecule has 2 aromatic rings. The fourth-order valence-corrected chi connectivity index (χ4v) is 2.01. The zero-order chi connectivity index (χ0) is 13.1. The number of ether oxygens (including phenoxy) is 1. The molecule has 0 spiro atoms. The fraction of sp³-hybridized carbons (Fsp3) is 0.214. The molecule has 4 heteroatoms. The zero-order valence-electron chi connectivity index (χ0n) is 10.2. The Kier molecular flexibility index (Phi) is 3.84. The van der Waals surface area contributed by atoms with E-state index in [1.165, 1.54) is 0 Å². The summed E-state index contributed by atoms with van der Waals surface area (Å²) in [6, 6.07) is 7.05. The van der Waals surface area contributed by atoms with E-state index in [4.69, 9.17) is 16.3 Å². The van der Waals surface area contributed by atoms with Crippen molar-refractivity contribution in [3.63, 3.8) is 0 Å². The Labute approximate surface area is 111 Å². The number of hydrogen-bond acceptors (Lipinski definition) is 3. The highest BCUT2D eigenvalue weighted by atomic mass is 35.5. The molecule has 0 bridgehead atoms. The van der Waals surface area contributed by atoms with Crippen molar-refractivity contribution in [3.8, 4) is 5.75 Å². The molecule has 1 N–H and O–H groups in total. The number of halogens is 1. The lowest BCUT2D eigenvalue weighted by Gasteiger charge is -2.15. The van der Waals surface area contributed by atoms with Crippen LogP contribution in [0.5, 0.6) is 5.75 Å². The molecule has 0 aliphatic rings. The van der Waals surface area contributed by atoms with Crippen molar-refractivity contribution < 1.29 is 9.84 Å². The van der Waals surface area contributed by atoms with Crippen molar-refractivity contribution in [2.75, 3.05) is 7.11 Å². The molecular weight excluding hydrogens is 250 g/mol. The van der Waals surface area contributed by atoms with Crippen LogP contribution in [0.15, 0.2) is 36.7 Å². The van der Waals surface area contributed by atoms with Gasteiger partial charge in [0.25, 0.3) is 0 Å². The Morgan fingerprint density at radius 1 is 1.33 bits per heavy atom. The first-order valence-corrected chi connectivity index (χ1v) is 5.93. The molecule has 18 heavy (non-hydrogen) atoms. The second-order valence-corrected chi connectivity index (χ2v) is 4.44. The number of aryl methyl sites for hydroxylation is 1. The summed E-state index contributed by atoms with van der Waals surface area (Å²) in [7, 11) is 1.55. The monoisotopic (exact) mass is 263 g/mol. The smallest absolute Gasteiger partial charge is 0.137 e. The zero-order valence-corrected chi connectivity index (χ0v) is 11.0. The number of pyridine rings is 1. The van der Waals surface area contributed by atoms with Gasteiger partial charge in [-0.25, -0.2) is 0 Å². The highest BCUT2D eigenvalue weighted by Crippen LogP contribution is 2.31. The SMILES string of the molecule is COc1cc(C(O)c2ccncc2C)ccc1Cl. The summed E-state index contributed by atoms with van der Waals surface area (Å²) in [4.78, 5) is 4.01. The van der Waals surface area contributed by atoms with Gasteiger partial charge in [-0.3, -0.25) is 4.98 Å². The molecule has 0 aliphatic carbocycles. The summed E-state index contributed by atoms with van der Waals surface area (Å²) < 4.78 is 5.15. The molecule has 1 atom stereocenters. The molecule has 3 nitrogen and oxygen atoms in total. The Morgan fingerprint density at radius 3 is 2.78 bits per heavy atom. The minimum absolute atomic E-state index is 0.528. The van der Waals surface area contributed by atoms with E-state index in [0.29, 0.717) is 10.8 Å². The van der Waals surface area contributed by atoms with Crippen LogP contribution in [-0.2, 0) is 0 Å². The van der Waals surface area contributed by atoms with E-state index in [9.17, 15) is 5.11 Å². The Morgan fingerprint density at radius 2 is 2.11 bits per heavy atom. The van der Waals surface area contributed by atoms with Crippen molar-refractivity contribution in [1.29, 1.82) is 0 Å². The molecule has 0 saturated heterocycles. The van der Waals surface area contributed by atoms with Crippen LogP contribution in [0.25, 0.3) is 0 Å². The van der Waals surface area contributed by atoms with Gasteiger partial charge in [0.15, 0.2) is 0 Å². The number of hydrogen-bond donors (Lipinski definition) is 1. The summed E-state index contributed by atoms with van der Waals surface area (Å²) in [6.07, 6.45) is 2.68. The van der Waals surface area contributed by atoms with E-state index in [-0.39, 0.29) is 0 Å². The van der Waals surface area contributed by atoms with Crippen LogP contribution in [0.3, 0.4) is 0 Å². The lowest BCUT2D eigenvalue weighted by atomic mass is 9.99. The van der Waals surface area contributed by atoms with Gasteiger partial charge in [0.05, 0.1) is 12.1 Å². The summed E-state index contributed by atoms with van der Waals surface area (Å²) >= 11 is 5.96. The maximum absolute atomic E-state index is 10.4. The van der Waals surface area contributed by atoms with Crippen molar-refractivity contribution in [3.05, 3.63) is 58.4 Å². The second kappa shape index (κ2) is 5.38. The number of aromatic nitrogens is 1. The predicted octanol–water partition coefficient (Wildman–Crippen LogP) is 3.13. The lowest BCUT2D eigenvalue weighted by molar-refractivity contribution is 0.219. The van der Waals surface area contributed by atoms with E-state index >= 15 is 0 Å². The molecule has 2 rings (SSSR count). The first kappa shape index (κ1) is 12.9. The largest absolute Gasteiger partial charge is 0.495 e. The van der Waals surface area contributed by atoms with Crippen molar-refractivity contribution >= 4 is 11.6 Å². The minimum Gasteiger partial charge on any atom is -0.495 e. The van der Waals surface area contributed by atoms with Crippen LogP contribution in [-0.4, -0.2) is 17.2 Å². The molecule has 0 amide bonds. The topological polar surface area (TPSA) is 42.4 Å². The van der Waals surface area contributed by atoms with Gasteiger partial charge < -0.3 is 9.84 Å². The molecular formula is C14H14ClNO2. The number of nitrogens with zero attached hydrogens (tertiary/aromatic N) is 1. The summed E-state index contributed by atoms with van der Waals surface area (Å²) in [5, 5.41) is 10.9. The maximum atomic E-state index is 10.4. The average Bonchev–Trinajstić information content (AvgIpc) is 2.39. The van der Waals surface area contributed by atoms with Gasteiger partial charge in [-0.2, -0.15) is 0 Å². The third-order valence-corrected chi connectivity index (χ3v) is 3.16. The Balaban J connectivity index is 2.40. The van der Waals surface area contributed by atoms with Gasteiger partial charge in [0, 0.05) is 12.4 Å². The highest BCUT2D eigenvalue weighted by molar-refractivity contribution is 6.32. The minimum atomic E-state index is -0.709. The molecule has 0 aliphatic heterocycles. The number of methoxy groups -OCH3 is 1. The molecule has 1 aromatic carbocycles. The van der Waals surface area contributed by atoms with Gasteiger partial charge in [-0.15, -0.1) is 0 Å². The molecule has 0 saturated carbocycles. The van der Waals surface area contributed by atoms with Crippen LogP contribution in [0.1, 0.15) is 22.8 Å². The van der Waals surface area contributed by atoms with Crippen molar-refractivity contribution in [2.24, 2.45) is 0 Å². The number of aliphatic hydroxyl groups is 1. The first-order valence-electron chi connectivity index (χ1n) is 5.55. The molecule has 1 unspecified atom stereocenters. The molecule has 1 aromatic heterocycles. The van der Waals surface area contributed by atoms with Gasteiger partial charge in [0.1, 0.15) is 11.9 Å².